The predicted octanol–water partition coefficient (Wildman–Crippen LogP) is 5.28. The van der Waals surface area contributed by atoms with Crippen LogP contribution in [0.3, 0.4) is 0 Å². The number of hydrogen-bond donors (Lipinski definition) is 1. The maximum atomic E-state index is 13.8. The van der Waals surface area contributed by atoms with Gasteiger partial charge in [0.1, 0.15) is 5.75 Å². The standard InChI is InChI=1S/C27H25F3N2O5/c1-32-24(15-8-10-18(35-2)11-9-15)23(19-13-21(36-3)22(37-4)14-20(19)26(32)34)25(33)31-17-7-5-6-16(12-17)27(28,29)30/h5-14,23-24H,1-4H3,(H,31,33)/t23-,24+/m1/s1. The van der Waals surface area contributed by atoms with Gasteiger partial charge in [-0.1, -0.05) is 18.2 Å². The highest BCUT2D eigenvalue weighted by molar-refractivity contribution is 6.05. The lowest BCUT2D eigenvalue weighted by Crippen LogP contribution is -2.44. The number of fused-ring (bicyclic) bond motifs is 1. The number of methoxy groups -OCH3 is 3. The minimum Gasteiger partial charge on any atom is -0.497 e. The quantitative estimate of drug-likeness (QED) is 0.485. The number of alkyl halides is 3. The molecular formula is C27H25F3N2O5. The molecule has 3 aromatic rings. The number of carbonyl (C=O) groups is 2. The first kappa shape index (κ1) is 25.9. The number of nitrogens with one attached hydrogen (secondary N) is 1. The lowest BCUT2D eigenvalue weighted by Gasteiger charge is -2.40. The highest BCUT2D eigenvalue weighted by Gasteiger charge is 2.44. The first-order chi connectivity index (χ1) is 17.6. The zero-order valence-corrected chi connectivity index (χ0v) is 20.6. The molecule has 0 unspecified atom stereocenters. The Kier molecular flexibility index (Phi) is 7.02. The molecule has 1 heterocycles. The molecule has 0 saturated heterocycles. The second kappa shape index (κ2) is 10.0. The maximum absolute atomic E-state index is 13.8. The summed E-state index contributed by atoms with van der Waals surface area (Å²) in [5.41, 5.74) is 0.330. The Labute approximate surface area is 211 Å². The number of amides is 2. The Morgan fingerprint density at radius 2 is 1.57 bits per heavy atom. The monoisotopic (exact) mass is 514 g/mol. The van der Waals surface area contributed by atoms with Gasteiger partial charge in [0.05, 0.1) is 38.9 Å². The summed E-state index contributed by atoms with van der Waals surface area (Å²) in [5.74, 6) is -0.717. The van der Waals surface area contributed by atoms with E-state index in [1.807, 2.05) is 0 Å². The van der Waals surface area contributed by atoms with Crippen LogP contribution in [0.25, 0.3) is 0 Å². The van der Waals surface area contributed by atoms with E-state index in [-0.39, 0.29) is 17.2 Å². The van der Waals surface area contributed by atoms with Crippen LogP contribution in [0, 0.1) is 0 Å². The molecule has 0 aliphatic carbocycles. The molecule has 194 valence electrons. The Morgan fingerprint density at radius 1 is 0.919 bits per heavy atom. The molecule has 2 amide bonds. The summed E-state index contributed by atoms with van der Waals surface area (Å²) in [4.78, 5) is 28.6. The van der Waals surface area contributed by atoms with Gasteiger partial charge < -0.3 is 24.4 Å². The molecule has 0 radical (unpaired) electrons. The van der Waals surface area contributed by atoms with E-state index in [9.17, 15) is 22.8 Å². The van der Waals surface area contributed by atoms with Crippen molar-refractivity contribution >= 4 is 17.5 Å². The number of hydrogen-bond acceptors (Lipinski definition) is 5. The molecule has 37 heavy (non-hydrogen) atoms. The lowest BCUT2D eigenvalue weighted by atomic mass is 9.79. The zero-order valence-electron chi connectivity index (χ0n) is 20.6. The highest BCUT2D eigenvalue weighted by Crippen LogP contribution is 2.46. The van der Waals surface area contributed by atoms with E-state index in [1.165, 1.54) is 44.4 Å². The second-order valence-corrected chi connectivity index (χ2v) is 8.47. The van der Waals surface area contributed by atoms with Crippen molar-refractivity contribution in [2.75, 3.05) is 33.7 Å². The van der Waals surface area contributed by atoms with Gasteiger partial charge in [0.25, 0.3) is 5.91 Å². The summed E-state index contributed by atoms with van der Waals surface area (Å²) in [5, 5.41) is 2.62. The number of benzene rings is 3. The van der Waals surface area contributed by atoms with Crippen LogP contribution in [0.4, 0.5) is 18.9 Å². The van der Waals surface area contributed by atoms with Gasteiger partial charge in [-0.15, -0.1) is 0 Å². The van der Waals surface area contributed by atoms with Crippen LogP contribution in [0.2, 0.25) is 0 Å². The van der Waals surface area contributed by atoms with Crippen molar-refractivity contribution in [1.29, 1.82) is 0 Å². The molecule has 0 aromatic heterocycles. The number of carbonyl (C=O) groups excluding carboxylic acids is 2. The Morgan fingerprint density at radius 3 is 2.16 bits per heavy atom. The van der Waals surface area contributed by atoms with Gasteiger partial charge in [-0.2, -0.15) is 13.2 Å². The third kappa shape index (κ3) is 4.91. The van der Waals surface area contributed by atoms with E-state index in [0.717, 1.165) is 12.1 Å². The number of halogens is 3. The van der Waals surface area contributed by atoms with Gasteiger partial charge in [0, 0.05) is 18.3 Å². The van der Waals surface area contributed by atoms with Gasteiger partial charge in [0.2, 0.25) is 5.91 Å². The largest absolute Gasteiger partial charge is 0.497 e. The number of nitrogens with zero attached hydrogens (tertiary/aromatic N) is 1. The van der Waals surface area contributed by atoms with E-state index in [1.54, 1.807) is 37.4 Å². The Hall–Kier alpha value is -4.21. The van der Waals surface area contributed by atoms with Gasteiger partial charge in [0.15, 0.2) is 11.5 Å². The fourth-order valence-corrected chi connectivity index (χ4v) is 4.54. The molecule has 0 saturated carbocycles. The number of ether oxygens (including phenoxy) is 3. The summed E-state index contributed by atoms with van der Waals surface area (Å²) in [6.45, 7) is 0. The molecule has 0 spiro atoms. The first-order valence-corrected chi connectivity index (χ1v) is 11.2. The molecule has 1 N–H and O–H groups in total. The van der Waals surface area contributed by atoms with E-state index >= 15 is 0 Å². The number of anilines is 1. The molecule has 10 heteroatoms. The lowest BCUT2D eigenvalue weighted by molar-refractivity contribution is -0.137. The molecule has 4 rings (SSSR count). The topological polar surface area (TPSA) is 77.1 Å². The minimum atomic E-state index is -4.57. The van der Waals surface area contributed by atoms with E-state index in [0.29, 0.717) is 28.4 Å². The number of likely N-dealkylation sites (N-methyl/N-ethyl adjacent to an activating group) is 1. The van der Waals surface area contributed by atoms with Crippen molar-refractivity contribution in [2.45, 2.75) is 18.1 Å². The van der Waals surface area contributed by atoms with Gasteiger partial charge >= 0.3 is 6.18 Å². The normalized spacial score (nSPS) is 17.2. The van der Waals surface area contributed by atoms with Crippen LogP contribution in [0.15, 0.2) is 60.7 Å². The minimum absolute atomic E-state index is 0.0186. The number of rotatable bonds is 6. The molecular weight excluding hydrogens is 489 g/mol. The average molecular weight is 515 g/mol. The van der Waals surface area contributed by atoms with E-state index in [2.05, 4.69) is 5.32 Å². The van der Waals surface area contributed by atoms with Crippen molar-refractivity contribution in [1.82, 2.24) is 4.90 Å². The highest BCUT2D eigenvalue weighted by atomic mass is 19.4. The van der Waals surface area contributed by atoms with Crippen LogP contribution in [-0.4, -0.2) is 45.1 Å². The smallest absolute Gasteiger partial charge is 0.416 e. The molecule has 0 fully saturated rings. The SMILES string of the molecule is COc1ccc([C@H]2[C@H](C(=O)Nc3cccc(C(F)(F)F)c3)c3cc(OC)c(OC)cc3C(=O)N2C)cc1. The van der Waals surface area contributed by atoms with E-state index < -0.39 is 29.6 Å². The Balaban J connectivity index is 1.85. The third-order valence-corrected chi connectivity index (χ3v) is 6.37. The molecule has 7 nitrogen and oxygen atoms in total. The van der Waals surface area contributed by atoms with Crippen LogP contribution in [0.1, 0.15) is 39.0 Å². The fourth-order valence-electron chi connectivity index (χ4n) is 4.54. The first-order valence-electron chi connectivity index (χ1n) is 11.2. The van der Waals surface area contributed by atoms with Crippen LogP contribution >= 0.6 is 0 Å². The van der Waals surface area contributed by atoms with Crippen molar-refractivity contribution in [3.63, 3.8) is 0 Å². The van der Waals surface area contributed by atoms with Crippen molar-refractivity contribution < 1.29 is 37.0 Å². The van der Waals surface area contributed by atoms with Crippen molar-refractivity contribution in [3.05, 3.63) is 82.9 Å². The second-order valence-electron chi connectivity index (χ2n) is 8.47. The summed E-state index contributed by atoms with van der Waals surface area (Å²) in [6, 6.07) is 13.6. The molecule has 3 aromatic carbocycles. The van der Waals surface area contributed by atoms with Crippen molar-refractivity contribution in [2.24, 2.45) is 0 Å². The molecule has 2 atom stereocenters. The van der Waals surface area contributed by atoms with Crippen LogP contribution in [0.5, 0.6) is 17.2 Å². The third-order valence-electron chi connectivity index (χ3n) is 6.37. The Bertz CT molecular complexity index is 1320. The molecule has 0 bridgehead atoms. The van der Waals surface area contributed by atoms with E-state index in [4.69, 9.17) is 14.2 Å². The van der Waals surface area contributed by atoms with Gasteiger partial charge in [-0.25, -0.2) is 0 Å². The summed E-state index contributed by atoms with van der Waals surface area (Å²) in [6.07, 6.45) is -4.57. The predicted molar refractivity (Wildman–Crippen MR) is 130 cm³/mol. The van der Waals surface area contributed by atoms with Gasteiger partial charge in [-0.05, 0) is 53.6 Å². The molecule has 1 aliphatic rings. The summed E-state index contributed by atoms with van der Waals surface area (Å²) in [7, 11) is 5.95. The fraction of sp³-hybridized carbons (Fsp3) is 0.259. The average Bonchev–Trinajstić information content (AvgIpc) is 2.89. The summed E-state index contributed by atoms with van der Waals surface area (Å²) >= 11 is 0. The van der Waals surface area contributed by atoms with Crippen LogP contribution in [-0.2, 0) is 11.0 Å². The van der Waals surface area contributed by atoms with Gasteiger partial charge in [-0.3, -0.25) is 9.59 Å². The maximum Gasteiger partial charge on any atom is 0.416 e. The summed E-state index contributed by atoms with van der Waals surface area (Å²) < 4.78 is 55.8. The van der Waals surface area contributed by atoms with Crippen molar-refractivity contribution in [3.8, 4) is 17.2 Å². The molecule has 1 aliphatic heterocycles. The van der Waals surface area contributed by atoms with Crippen LogP contribution < -0.4 is 19.5 Å². The zero-order chi connectivity index (χ0) is 26.9.